The Morgan fingerprint density at radius 2 is 1.96 bits per heavy atom. The molecule has 124 valence electrons. The van der Waals surface area contributed by atoms with Crippen molar-refractivity contribution in [2.75, 3.05) is 16.3 Å². The lowest BCUT2D eigenvalue weighted by molar-refractivity contribution is 0.607. The Labute approximate surface area is 144 Å². The lowest BCUT2D eigenvalue weighted by Crippen LogP contribution is -2.10. The third kappa shape index (κ3) is 4.09. The largest absolute Gasteiger partial charge is 0.340 e. The summed E-state index contributed by atoms with van der Waals surface area (Å²) in [4.78, 5) is 8.48. The number of anilines is 3. The van der Waals surface area contributed by atoms with Crippen LogP contribution in [0.4, 0.5) is 17.2 Å². The average molecular weight is 360 g/mol. The highest BCUT2D eigenvalue weighted by atomic mass is 32.2. The second kappa shape index (κ2) is 6.58. The smallest absolute Gasteiger partial charge is 0.229 e. The summed E-state index contributed by atoms with van der Waals surface area (Å²) in [5, 5.41) is 7.19. The highest BCUT2D eigenvalue weighted by Crippen LogP contribution is 2.25. The first-order chi connectivity index (χ1) is 11.4. The molecule has 0 aliphatic carbocycles. The number of hydrogen-bond donors (Lipinski definition) is 2. The van der Waals surface area contributed by atoms with Crippen molar-refractivity contribution in [1.29, 1.82) is 0 Å². The zero-order chi connectivity index (χ0) is 17.2. The van der Waals surface area contributed by atoms with Crippen LogP contribution in [0.25, 0.3) is 11.3 Å². The van der Waals surface area contributed by atoms with Gasteiger partial charge in [-0.05, 0) is 36.1 Å². The number of rotatable bonds is 5. The minimum atomic E-state index is -3.33. The second-order valence-electron chi connectivity index (χ2n) is 5.33. The average Bonchev–Trinajstić information content (AvgIpc) is 3.04. The Morgan fingerprint density at radius 3 is 2.67 bits per heavy atom. The van der Waals surface area contributed by atoms with Gasteiger partial charge in [-0.25, -0.2) is 18.4 Å². The molecule has 8 heteroatoms. The summed E-state index contributed by atoms with van der Waals surface area (Å²) in [6.45, 7) is 1.84. The third-order valence-electron chi connectivity index (χ3n) is 3.29. The fourth-order valence-corrected chi connectivity index (χ4v) is 3.42. The van der Waals surface area contributed by atoms with Crippen LogP contribution in [-0.4, -0.2) is 24.6 Å². The van der Waals surface area contributed by atoms with Crippen molar-refractivity contribution < 1.29 is 8.42 Å². The van der Waals surface area contributed by atoms with Gasteiger partial charge in [0.25, 0.3) is 0 Å². The second-order valence-corrected chi connectivity index (χ2v) is 7.86. The molecule has 0 aliphatic rings. The summed E-state index contributed by atoms with van der Waals surface area (Å²) in [6.07, 6.45) is 2.63. The number of nitrogens with zero attached hydrogens (tertiary/aromatic N) is 2. The maximum absolute atomic E-state index is 11.4. The SMILES string of the molecule is Cc1ccc(Nc2cc(-c3ccsc3)ncn2)cc1NS(C)(=O)=O. The number of benzene rings is 1. The molecule has 0 bridgehead atoms. The van der Waals surface area contributed by atoms with Crippen LogP contribution in [0.2, 0.25) is 0 Å². The van der Waals surface area contributed by atoms with Gasteiger partial charge in [-0.15, -0.1) is 0 Å². The Balaban J connectivity index is 1.86. The Bertz CT molecular complexity index is 954. The summed E-state index contributed by atoms with van der Waals surface area (Å²) in [5.74, 6) is 0.639. The summed E-state index contributed by atoms with van der Waals surface area (Å²) >= 11 is 1.61. The molecule has 0 atom stereocenters. The van der Waals surface area contributed by atoms with Crippen LogP contribution in [0.5, 0.6) is 0 Å². The lowest BCUT2D eigenvalue weighted by Gasteiger charge is -2.11. The van der Waals surface area contributed by atoms with Crippen molar-refractivity contribution in [3.63, 3.8) is 0 Å². The van der Waals surface area contributed by atoms with E-state index in [9.17, 15) is 8.42 Å². The van der Waals surface area contributed by atoms with Crippen LogP contribution < -0.4 is 10.0 Å². The molecular weight excluding hydrogens is 344 g/mol. The zero-order valence-corrected chi connectivity index (χ0v) is 14.8. The van der Waals surface area contributed by atoms with E-state index >= 15 is 0 Å². The van der Waals surface area contributed by atoms with E-state index in [1.807, 2.05) is 41.9 Å². The van der Waals surface area contributed by atoms with Crippen molar-refractivity contribution in [2.45, 2.75) is 6.92 Å². The number of nitrogens with one attached hydrogen (secondary N) is 2. The molecule has 0 fully saturated rings. The van der Waals surface area contributed by atoms with Gasteiger partial charge in [0.2, 0.25) is 10.0 Å². The van der Waals surface area contributed by atoms with Gasteiger partial charge in [0, 0.05) is 22.7 Å². The van der Waals surface area contributed by atoms with Crippen LogP contribution in [0.15, 0.2) is 47.4 Å². The highest BCUT2D eigenvalue weighted by molar-refractivity contribution is 7.92. The van der Waals surface area contributed by atoms with Crippen molar-refractivity contribution in [3.05, 3.63) is 53.0 Å². The van der Waals surface area contributed by atoms with E-state index < -0.39 is 10.0 Å². The van der Waals surface area contributed by atoms with Gasteiger partial charge in [-0.3, -0.25) is 4.72 Å². The molecule has 24 heavy (non-hydrogen) atoms. The predicted octanol–water partition coefficient (Wildman–Crippen LogP) is 3.63. The van der Waals surface area contributed by atoms with E-state index in [-0.39, 0.29) is 0 Å². The van der Waals surface area contributed by atoms with E-state index in [1.165, 1.54) is 6.33 Å². The van der Waals surface area contributed by atoms with Crippen molar-refractivity contribution in [2.24, 2.45) is 0 Å². The maximum atomic E-state index is 11.4. The zero-order valence-electron chi connectivity index (χ0n) is 13.1. The molecule has 0 aliphatic heterocycles. The van der Waals surface area contributed by atoms with E-state index in [0.717, 1.165) is 28.8 Å². The third-order valence-corrected chi connectivity index (χ3v) is 4.56. The maximum Gasteiger partial charge on any atom is 0.229 e. The number of hydrogen-bond acceptors (Lipinski definition) is 6. The molecule has 0 radical (unpaired) electrons. The van der Waals surface area contributed by atoms with E-state index in [2.05, 4.69) is 20.0 Å². The van der Waals surface area contributed by atoms with Crippen LogP contribution >= 0.6 is 11.3 Å². The van der Waals surface area contributed by atoms with Gasteiger partial charge in [-0.2, -0.15) is 11.3 Å². The molecule has 0 saturated carbocycles. The molecule has 3 rings (SSSR count). The quantitative estimate of drug-likeness (QED) is 0.726. The van der Waals surface area contributed by atoms with Gasteiger partial charge in [0.05, 0.1) is 17.6 Å². The van der Waals surface area contributed by atoms with Gasteiger partial charge in [0.15, 0.2) is 0 Å². The standard InChI is InChI=1S/C16H16N4O2S2/c1-11-3-4-13(7-14(11)20-24(2,21)22)19-16-8-15(17-10-18-16)12-5-6-23-9-12/h3-10,20H,1-2H3,(H,17,18,19). The molecule has 2 aromatic heterocycles. The van der Waals surface area contributed by atoms with Crippen LogP contribution in [0, 0.1) is 6.92 Å². The summed E-state index contributed by atoms with van der Waals surface area (Å²) in [6, 6.07) is 9.30. The summed E-state index contributed by atoms with van der Waals surface area (Å²) < 4.78 is 25.4. The minimum Gasteiger partial charge on any atom is -0.340 e. The highest BCUT2D eigenvalue weighted by Gasteiger charge is 2.07. The van der Waals surface area contributed by atoms with Crippen molar-refractivity contribution >= 4 is 38.6 Å². The molecular formula is C16H16N4O2S2. The predicted molar refractivity (Wildman–Crippen MR) is 98.3 cm³/mol. The Morgan fingerprint density at radius 1 is 1.12 bits per heavy atom. The van der Waals surface area contributed by atoms with Crippen LogP contribution in [-0.2, 0) is 10.0 Å². The lowest BCUT2D eigenvalue weighted by atomic mass is 10.2. The topological polar surface area (TPSA) is 84.0 Å². The molecule has 2 heterocycles. The minimum absolute atomic E-state index is 0.537. The van der Waals surface area contributed by atoms with Crippen molar-refractivity contribution in [1.82, 2.24) is 9.97 Å². The van der Waals surface area contributed by atoms with Gasteiger partial charge < -0.3 is 5.32 Å². The van der Waals surface area contributed by atoms with Gasteiger partial charge in [0.1, 0.15) is 12.1 Å². The molecule has 0 saturated heterocycles. The molecule has 3 aromatic rings. The van der Waals surface area contributed by atoms with E-state index in [0.29, 0.717) is 11.5 Å². The normalized spacial score (nSPS) is 11.2. The monoisotopic (exact) mass is 360 g/mol. The number of sulfonamides is 1. The number of thiophene rings is 1. The molecule has 6 nitrogen and oxygen atoms in total. The first-order valence-corrected chi connectivity index (χ1v) is 9.94. The first-order valence-electron chi connectivity index (χ1n) is 7.11. The Hall–Kier alpha value is -2.45. The fraction of sp³-hybridized carbons (Fsp3) is 0.125. The Kier molecular flexibility index (Phi) is 4.50. The van der Waals surface area contributed by atoms with Crippen LogP contribution in [0.1, 0.15) is 5.56 Å². The summed E-state index contributed by atoms with van der Waals surface area (Å²) in [7, 11) is -3.33. The molecule has 0 spiro atoms. The fourth-order valence-electron chi connectivity index (χ4n) is 2.15. The first kappa shape index (κ1) is 16.4. The van der Waals surface area contributed by atoms with Gasteiger partial charge >= 0.3 is 0 Å². The molecule has 0 amide bonds. The van der Waals surface area contributed by atoms with E-state index in [1.54, 1.807) is 17.4 Å². The van der Waals surface area contributed by atoms with Crippen LogP contribution in [0.3, 0.4) is 0 Å². The molecule has 0 unspecified atom stereocenters. The van der Waals surface area contributed by atoms with Crippen molar-refractivity contribution in [3.8, 4) is 11.3 Å². The van der Waals surface area contributed by atoms with E-state index in [4.69, 9.17) is 0 Å². The number of aromatic nitrogens is 2. The number of aryl methyl sites for hydroxylation is 1. The summed E-state index contributed by atoms with van der Waals surface area (Å²) in [5.41, 5.74) is 3.98. The van der Waals surface area contributed by atoms with Gasteiger partial charge in [-0.1, -0.05) is 6.07 Å². The molecule has 1 aromatic carbocycles. The molecule has 2 N–H and O–H groups in total.